The molecule has 0 saturated carbocycles. The van der Waals surface area contributed by atoms with E-state index in [1.54, 1.807) is 6.20 Å². The molecule has 4 heteroatoms. The monoisotopic (exact) mass is 323 g/mol. The Kier molecular flexibility index (Phi) is 5.14. The minimum Gasteiger partial charge on any atom is -0.380 e. The third-order valence-electron chi connectivity index (χ3n) is 4.80. The van der Waals surface area contributed by atoms with Gasteiger partial charge in [-0.1, -0.05) is 31.2 Å². The van der Waals surface area contributed by atoms with Gasteiger partial charge < -0.3 is 10.2 Å². The second kappa shape index (κ2) is 7.47. The number of nitrogens with one attached hydrogen (secondary N) is 1. The predicted molar refractivity (Wildman–Crippen MR) is 97.0 cm³/mol. The summed E-state index contributed by atoms with van der Waals surface area (Å²) >= 11 is 0. The van der Waals surface area contributed by atoms with Gasteiger partial charge in [0.25, 0.3) is 5.91 Å². The molecule has 1 aliphatic rings. The quantitative estimate of drug-likeness (QED) is 0.929. The number of carbonyl (C=O) groups is 1. The van der Waals surface area contributed by atoms with Gasteiger partial charge in [-0.25, -0.2) is 4.98 Å². The van der Waals surface area contributed by atoms with E-state index in [9.17, 15) is 4.79 Å². The number of hydrogen-bond donors (Lipinski definition) is 1. The topological polar surface area (TPSA) is 45.2 Å². The lowest BCUT2D eigenvalue weighted by atomic mass is 9.99. The number of piperidine rings is 1. The van der Waals surface area contributed by atoms with E-state index in [0.717, 1.165) is 44.1 Å². The molecule has 2 heterocycles. The number of carbonyl (C=O) groups excluding carboxylic acids is 1. The average molecular weight is 323 g/mol. The third kappa shape index (κ3) is 3.94. The van der Waals surface area contributed by atoms with E-state index in [2.05, 4.69) is 36.3 Å². The van der Waals surface area contributed by atoms with Crippen LogP contribution in [0.1, 0.15) is 41.4 Å². The first-order valence-corrected chi connectivity index (χ1v) is 8.67. The first-order chi connectivity index (χ1) is 11.6. The lowest BCUT2D eigenvalue weighted by Crippen LogP contribution is -2.38. The Morgan fingerprint density at radius 2 is 1.96 bits per heavy atom. The van der Waals surface area contributed by atoms with Crippen molar-refractivity contribution in [1.29, 1.82) is 0 Å². The van der Waals surface area contributed by atoms with Crippen LogP contribution in [0.3, 0.4) is 0 Å². The van der Waals surface area contributed by atoms with E-state index in [0.29, 0.717) is 5.69 Å². The van der Waals surface area contributed by atoms with E-state index in [1.807, 2.05) is 29.2 Å². The van der Waals surface area contributed by atoms with E-state index < -0.39 is 0 Å². The van der Waals surface area contributed by atoms with Crippen LogP contribution < -0.4 is 5.32 Å². The van der Waals surface area contributed by atoms with Crippen LogP contribution >= 0.6 is 0 Å². The summed E-state index contributed by atoms with van der Waals surface area (Å²) in [6.07, 6.45) is 3.92. The lowest BCUT2D eigenvalue weighted by Gasteiger charge is -2.30. The highest BCUT2D eigenvalue weighted by molar-refractivity contribution is 5.92. The standard InChI is InChI=1S/C20H25N3O/c1-15-9-11-23(12-10-15)20(24)19-8-7-18(14-22-19)21-13-17-6-4-3-5-16(17)2/h3-8,14-15,21H,9-13H2,1-2H3. The van der Waals surface area contributed by atoms with Crippen LogP contribution in [0.15, 0.2) is 42.6 Å². The minimum atomic E-state index is 0.0485. The van der Waals surface area contributed by atoms with Crippen molar-refractivity contribution in [3.63, 3.8) is 0 Å². The number of amides is 1. The van der Waals surface area contributed by atoms with Gasteiger partial charge in [0.2, 0.25) is 0 Å². The maximum absolute atomic E-state index is 12.5. The van der Waals surface area contributed by atoms with Crippen LogP contribution in [-0.2, 0) is 6.54 Å². The molecule has 1 amide bonds. The molecule has 4 nitrogen and oxygen atoms in total. The molecule has 0 radical (unpaired) electrons. The zero-order valence-corrected chi connectivity index (χ0v) is 14.5. The van der Waals surface area contributed by atoms with Crippen molar-refractivity contribution < 1.29 is 4.79 Å². The van der Waals surface area contributed by atoms with Crippen molar-refractivity contribution in [2.45, 2.75) is 33.2 Å². The molecule has 126 valence electrons. The van der Waals surface area contributed by atoms with Gasteiger partial charge in [0.1, 0.15) is 5.69 Å². The Labute approximate surface area is 143 Å². The van der Waals surface area contributed by atoms with Gasteiger partial charge in [0, 0.05) is 19.6 Å². The minimum absolute atomic E-state index is 0.0485. The summed E-state index contributed by atoms with van der Waals surface area (Å²) in [5.74, 6) is 0.766. The van der Waals surface area contributed by atoms with Crippen LogP contribution in [0.4, 0.5) is 5.69 Å². The van der Waals surface area contributed by atoms with Crippen LogP contribution in [-0.4, -0.2) is 28.9 Å². The number of benzene rings is 1. The first kappa shape index (κ1) is 16.5. The molecule has 0 aliphatic carbocycles. The maximum Gasteiger partial charge on any atom is 0.272 e. The predicted octanol–water partition coefficient (Wildman–Crippen LogP) is 3.87. The maximum atomic E-state index is 12.5. The van der Waals surface area contributed by atoms with Gasteiger partial charge >= 0.3 is 0 Å². The Morgan fingerprint density at radius 3 is 2.62 bits per heavy atom. The summed E-state index contributed by atoms with van der Waals surface area (Å²) in [6, 6.07) is 12.1. The number of rotatable bonds is 4. The molecule has 0 spiro atoms. The molecule has 0 unspecified atom stereocenters. The van der Waals surface area contributed by atoms with Crippen LogP contribution in [0.5, 0.6) is 0 Å². The largest absolute Gasteiger partial charge is 0.380 e. The zero-order valence-electron chi connectivity index (χ0n) is 14.5. The molecule has 3 rings (SSSR count). The van der Waals surface area contributed by atoms with Crippen molar-refractivity contribution >= 4 is 11.6 Å². The Balaban J connectivity index is 1.59. The van der Waals surface area contributed by atoms with Gasteiger partial charge in [0.05, 0.1) is 11.9 Å². The molecule has 1 fully saturated rings. The molecule has 24 heavy (non-hydrogen) atoms. The van der Waals surface area contributed by atoms with Gasteiger partial charge in [-0.3, -0.25) is 4.79 Å². The number of nitrogens with zero attached hydrogens (tertiary/aromatic N) is 2. The van der Waals surface area contributed by atoms with Gasteiger partial charge in [-0.2, -0.15) is 0 Å². The molecule has 1 N–H and O–H groups in total. The van der Waals surface area contributed by atoms with Gasteiger partial charge in [0.15, 0.2) is 0 Å². The number of anilines is 1. The lowest BCUT2D eigenvalue weighted by molar-refractivity contribution is 0.0691. The summed E-state index contributed by atoms with van der Waals surface area (Å²) in [5.41, 5.74) is 4.00. The smallest absolute Gasteiger partial charge is 0.272 e. The molecule has 1 aromatic heterocycles. The summed E-state index contributed by atoms with van der Waals surface area (Å²) in [5, 5.41) is 3.37. The highest BCUT2D eigenvalue weighted by Gasteiger charge is 2.22. The number of aromatic nitrogens is 1. The van der Waals surface area contributed by atoms with E-state index in [4.69, 9.17) is 0 Å². The molecule has 0 atom stereocenters. The second-order valence-electron chi connectivity index (χ2n) is 6.69. The van der Waals surface area contributed by atoms with Crippen molar-refractivity contribution in [2.24, 2.45) is 5.92 Å². The number of aryl methyl sites for hydroxylation is 1. The van der Waals surface area contributed by atoms with E-state index >= 15 is 0 Å². The fraction of sp³-hybridized carbons (Fsp3) is 0.400. The normalized spacial score (nSPS) is 15.3. The van der Waals surface area contributed by atoms with E-state index in [1.165, 1.54) is 11.1 Å². The molecule has 1 aliphatic heterocycles. The Morgan fingerprint density at radius 1 is 1.21 bits per heavy atom. The highest BCUT2D eigenvalue weighted by Crippen LogP contribution is 2.18. The summed E-state index contributed by atoms with van der Waals surface area (Å²) in [6.45, 7) is 6.79. The third-order valence-corrected chi connectivity index (χ3v) is 4.80. The highest BCUT2D eigenvalue weighted by atomic mass is 16.2. The molecule has 0 bridgehead atoms. The van der Waals surface area contributed by atoms with Crippen molar-refractivity contribution in [3.05, 3.63) is 59.4 Å². The van der Waals surface area contributed by atoms with Gasteiger partial charge in [-0.05, 0) is 48.9 Å². The van der Waals surface area contributed by atoms with E-state index in [-0.39, 0.29) is 5.91 Å². The first-order valence-electron chi connectivity index (χ1n) is 8.67. The van der Waals surface area contributed by atoms with Crippen molar-refractivity contribution in [1.82, 2.24) is 9.88 Å². The number of pyridine rings is 1. The molecular weight excluding hydrogens is 298 g/mol. The van der Waals surface area contributed by atoms with Crippen LogP contribution in [0.2, 0.25) is 0 Å². The molecule has 1 aromatic carbocycles. The second-order valence-corrected chi connectivity index (χ2v) is 6.69. The average Bonchev–Trinajstić information content (AvgIpc) is 2.62. The summed E-state index contributed by atoms with van der Waals surface area (Å²) in [4.78, 5) is 18.8. The zero-order chi connectivity index (χ0) is 16.9. The summed E-state index contributed by atoms with van der Waals surface area (Å²) < 4.78 is 0. The Hall–Kier alpha value is -2.36. The SMILES string of the molecule is Cc1ccccc1CNc1ccc(C(=O)N2CCC(C)CC2)nc1. The molecule has 1 saturated heterocycles. The Bertz CT molecular complexity index is 688. The molecule has 2 aromatic rings. The fourth-order valence-electron chi connectivity index (χ4n) is 3.00. The van der Waals surface area contributed by atoms with Crippen molar-refractivity contribution in [3.8, 4) is 0 Å². The molecular formula is C20H25N3O. The number of hydrogen-bond acceptors (Lipinski definition) is 3. The van der Waals surface area contributed by atoms with Crippen LogP contribution in [0, 0.1) is 12.8 Å². The van der Waals surface area contributed by atoms with Gasteiger partial charge in [-0.15, -0.1) is 0 Å². The summed E-state index contributed by atoms with van der Waals surface area (Å²) in [7, 11) is 0. The van der Waals surface area contributed by atoms with Crippen LogP contribution in [0.25, 0.3) is 0 Å². The fourth-order valence-corrected chi connectivity index (χ4v) is 3.00. The van der Waals surface area contributed by atoms with Crippen molar-refractivity contribution in [2.75, 3.05) is 18.4 Å². The number of likely N-dealkylation sites (tertiary alicyclic amines) is 1.